The van der Waals surface area contributed by atoms with Gasteiger partial charge in [0.15, 0.2) is 0 Å². The highest BCUT2D eigenvalue weighted by molar-refractivity contribution is 5.33. The van der Waals surface area contributed by atoms with Crippen LogP contribution in [0.2, 0.25) is 0 Å². The SMILES string of the molecule is CCC(O)(Cc1ccc(C)c(C)c1)c1cccc(F)c1. The molecule has 2 heteroatoms. The van der Waals surface area contributed by atoms with Crippen LogP contribution in [-0.4, -0.2) is 5.11 Å². The largest absolute Gasteiger partial charge is 0.385 e. The summed E-state index contributed by atoms with van der Waals surface area (Å²) in [5.41, 5.74) is 3.13. The van der Waals surface area contributed by atoms with E-state index in [-0.39, 0.29) is 5.82 Å². The van der Waals surface area contributed by atoms with Crippen molar-refractivity contribution < 1.29 is 9.50 Å². The van der Waals surface area contributed by atoms with Crippen LogP contribution in [-0.2, 0) is 12.0 Å². The van der Waals surface area contributed by atoms with Crippen molar-refractivity contribution in [3.8, 4) is 0 Å². The van der Waals surface area contributed by atoms with Gasteiger partial charge >= 0.3 is 0 Å². The number of rotatable bonds is 4. The molecule has 2 aromatic carbocycles. The van der Waals surface area contributed by atoms with E-state index >= 15 is 0 Å². The third kappa shape index (κ3) is 3.07. The molecule has 0 fully saturated rings. The molecule has 0 saturated carbocycles. The first kappa shape index (κ1) is 14.7. The lowest BCUT2D eigenvalue weighted by atomic mass is 9.84. The van der Waals surface area contributed by atoms with Gasteiger partial charge < -0.3 is 5.11 Å². The minimum atomic E-state index is -1.02. The molecule has 0 heterocycles. The topological polar surface area (TPSA) is 20.2 Å². The smallest absolute Gasteiger partial charge is 0.123 e. The van der Waals surface area contributed by atoms with E-state index < -0.39 is 5.60 Å². The summed E-state index contributed by atoms with van der Waals surface area (Å²) < 4.78 is 13.4. The fraction of sp³-hybridized carbons (Fsp3) is 0.333. The third-order valence-electron chi connectivity index (χ3n) is 4.01. The van der Waals surface area contributed by atoms with Gasteiger partial charge in [-0.25, -0.2) is 4.39 Å². The standard InChI is InChI=1S/C18H21FO/c1-4-18(20,16-6-5-7-17(19)11-16)12-15-9-8-13(2)14(3)10-15/h5-11,20H,4,12H2,1-3H3. The van der Waals surface area contributed by atoms with Gasteiger partial charge in [-0.2, -0.15) is 0 Å². The molecule has 20 heavy (non-hydrogen) atoms. The molecule has 1 nitrogen and oxygen atoms in total. The Bertz CT molecular complexity index is 606. The highest BCUT2D eigenvalue weighted by atomic mass is 19.1. The van der Waals surface area contributed by atoms with Gasteiger partial charge in [-0.3, -0.25) is 0 Å². The number of hydrogen-bond donors (Lipinski definition) is 1. The van der Waals surface area contributed by atoms with Crippen molar-refractivity contribution in [1.82, 2.24) is 0 Å². The van der Waals surface area contributed by atoms with Crippen molar-refractivity contribution in [2.24, 2.45) is 0 Å². The van der Waals surface area contributed by atoms with Crippen LogP contribution in [0.4, 0.5) is 4.39 Å². The molecule has 1 N–H and O–H groups in total. The summed E-state index contributed by atoms with van der Waals surface area (Å²) in [6.07, 6.45) is 1.04. The van der Waals surface area contributed by atoms with Crippen LogP contribution in [0.1, 0.15) is 35.6 Å². The average molecular weight is 272 g/mol. The lowest BCUT2D eigenvalue weighted by Gasteiger charge is -2.28. The molecule has 0 aliphatic rings. The Morgan fingerprint density at radius 2 is 1.80 bits per heavy atom. The maximum atomic E-state index is 13.4. The summed E-state index contributed by atoms with van der Waals surface area (Å²) in [4.78, 5) is 0. The third-order valence-corrected chi connectivity index (χ3v) is 4.01. The highest BCUT2D eigenvalue weighted by Crippen LogP contribution is 2.30. The summed E-state index contributed by atoms with van der Waals surface area (Å²) in [5, 5.41) is 10.9. The summed E-state index contributed by atoms with van der Waals surface area (Å²) >= 11 is 0. The number of aryl methyl sites for hydroxylation is 2. The number of hydrogen-bond acceptors (Lipinski definition) is 1. The van der Waals surface area contributed by atoms with Crippen LogP contribution in [0.5, 0.6) is 0 Å². The number of aliphatic hydroxyl groups is 1. The van der Waals surface area contributed by atoms with E-state index in [1.54, 1.807) is 12.1 Å². The first-order chi connectivity index (χ1) is 9.44. The van der Waals surface area contributed by atoms with E-state index in [9.17, 15) is 9.50 Å². The zero-order chi connectivity index (χ0) is 14.8. The summed E-state index contributed by atoms with van der Waals surface area (Å²) in [5.74, 6) is -0.311. The quantitative estimate of drug-likeness (QED) is 0.880. The Labute approximate surface area is 120 Å². The Morgan fingerprint density at radius 3 is 2.40 bits per heavy atom. The van der Waals surface area contributed by atoms with Crippen LogP contribution in [0.15, 0.2) is 42.5 Å². The van der Waals surface area contributed by atoms with Crippen molar-refractivity contribution >= 4 is 0 Å². The van der Waals surface area contributed by atoms with Crippen LogP contribution in [0.25, 0.3) is 0 Å². The molecule has 0 aliphatic carbocycles. The van der Waals surface area contributed by atoms with Gasteiger partial charge in [0.25, 0.3) is 0 Å². The van der Waals surface area contributed by atoms with Crippen LogP contribution in [0.3, 0.4) is 0 Å². The monoisotopic (exact) mass is 272 g/mol. The zero-order valence-electron chi connectivity index (χ0n) is 12.3. The zero-order valence-corrected chi connectivity index (χ0v) is 12.3. The van der Waals surface area contributed by atoms with Gasteiger partial charge in [0.05, 0.1) is 5.60 Å². The summed E-state index contributed by atoms with van der Waals surface area (Å²) in [6, 6.07) is 12.4. The normalized spacial score (nSPS) is 14.1. The average Bonchev–Trinajstić information content (AvgIpc) is 2.43. The van der Waals surface area contributed by atoms with E-state index in [1.807, 2.05) is 13.0 Å². The number of benzene rings is 2. The van der Waals surface area contributed by atoms with Crippen molar-refractivity contribution in [3.63, 3.8) is 0 Å². The van der Waals surface area contributed by atoms with Crippen molar-refractivity contribution in [2.75, 3.05) is 0 Å². The van der Waals surface area contributed by atoms with Gasteiger partial charge in [0.1, 0.15) is 5.82 Å². The fourth-order valence-corrected chi connectivity index (χ4v) is 2.46. The van der Waals surface area contributed by atoms with Gasteiger partial charge in [-0.05, 0) is 54.7 Å². The molecule has 0 aliphatic heterocycles. The highest BCUT2D eigenvalue weighted by Gasteiger charge is 2.27. The first-order valence-corrected chi connectivity index (χ1v) is 6.99. The molecule has 2 rings (SSSR count). The predicted octanol–water partition coefficient (Wildman–Crippen LogP) is 4.28. The first-order valence-electron chi connectivity index (χ1n) is 6.99. The summed E-state index contributed by atoms with van der Waals surface area (Å²) in [6.45, 7) is 6.05. The predicted molar refractivity (Wildman–Crippen MR) is 80.2 cm³/mol. The molecule has 0 spiro atoms. The van der Waals surface area contributed by atoms with Crippen LogP contribution < -0.4 is 0 Å². The van der Waals surface area contributed by atoms with E-state index in [2.05, 4.69) is 26.0 Å². The van der Waals surface area contributed by atoms with Crippen molar-refractivity contribution in [3.05, 3.63) is 70.5 Å². The second-order valence-electron chi connectivity index (χ2n) is 5.49. The molecule has 1 unspecified atom stereocenters. The maximum Gasteiger partial charge on any atom is 0.123 e. The fourth-order valence-electron chi connectivity index (χ4n) is 2.46. The molecule has 0 amide bonds. The Hall–Kier alpha value is -1.67. The number of halogens is 1. The molecule has 0 radical (unpaired) electrons. The molecule has 0 aromatic heterocycles. The van der Waals surface area contributed by atoms with Gasteiger partial charge in [-0.15, -0.1) is 0 Å². The van der Waals surface area contributed by atoms with Gasteiger partial charge in [-0.1, -0.05) is 37.3 Å². The lowest BCUT2D eigenvalue weighted by Crippen LogP contribution is -2.27. The maximum absolute atomic E-state index is 13.4. The van der Waals surface area contributed by atoms with E-state index in [1.165, 1.54) is 23.3 Å². The van der Waals surface area contributed by atoms with Crippen LogP contribution in [0, 0.1) is 19.7 Å². The minimum Gasteiger partial charge on any atom is -0.385 e. The van der Waals surface area contributed by atoms with E-state index in [4.69, 9.17) is 0 Å². The molecule has 106 valence electrons. The Kier molecular flexibility index (Phi) is 4.24. The second-order valence-corrected chi connectivity index (χ2v) is 5.49. The molecule has 1 atom stereocenters. The van der Waals surface area contributed by atoms with Gasteiger partial charge in [0, 0.05) is 6.42 Å². The molecule has 0 saturated heterocycles. The lowest BCUT2D eigenvalue weighted by molar-refractivity contribution is 0.0324. The van der Waals surface area contributed by atoms with Crippen molar-refractivity contribution in [1.29, 1.82) is 0 Å². The van der Waals surface area contributed by atoms with Gasteiger partial charge in [0.2, 0.25) is 0 Å². The Morgan fingerprint density at radius 1 is 1.05 bits per heavy atom. The molecular weight excluding hydrogens is 251 g/mol. The summed E-state index contributed by atoms with van der Waals surface area (Å²) in [7, 11) is 0. The molecular formula is C18H21FO. The van der Waals surface area contributed by atoms with E-state index in [0.29, 0.717) is 18.4 Å². The molecule has 2 aromatic rings. The Balaban J connectivity index is 2.33. The van der Waals surface area contributed by atoms with E-state index in [0.717, 1.165) is 5.56 Å². The van der Waals surface area contributed by atoms with Crippen molar-refractivity contribution in [2.45, 2.75) is 39.2 Å². The van der Waals surface area contributed by atoms with Crippen LogP contribution >= 0.6 is 0 Å². The minimum absolute atomic E-state index is 0.311. The second kappa shape index (κ2) is 5.76. The molecule has 0 bridgehead atoms.